The number of unbranched alkanes of at least 4 members (excludes halogenated alkanes) is 1. The van der Waals surface area contributed by atoms with Gasteiger partial charge in [0, 0.05) is 0 Å². The first-order chi connectivity index (χ1) is 10.2. The van der Waals surface area contributed by atoms with E-state index in [1.807, 2.05) is 0 Å². The summed E-state index contributed by atoms with van der Waals surface area (Å²) in [5, 5.41) is 1.27. The van der Waals surface area contributed by atoms with Crippen LogP contribution in [0.15, 0.2) is 53.5 Å². The molecule has 0 fully saturated rings. The van der Waals surface area contributed by atoms with Gasteiger partial charge in [0.25, 0.3) is 0 Å². The Labute approximate surface area is 134 Å². The van der Waals surface area contributed by atoms with Gasteiger partial charge in [-0.05, 0) is 0 Å². The molecule has 1 nitrogen and oxygen atoms in total. The van der Waals surface area contributed by atoms with Gasteiger partial charge in [0.1, 0.15) is 0 Å². The first kappa shape index (κ1) is 16.0. The SMILES string of the molecule is CCCC[Se]C(=Nc1c(C)cccc1C)c1ccccc1. The molecule has 0 saturated carbocycles. The van der Waals surface area contributed by atoms with E-state index in [0.29, 0.717) is 15.0 Å². The number of aryl methyl sites for hydroxylation is 2. The molecule has 0 spiro atoms. The van der Waals surface area contributed by atoms with Crippen molar-refractivity contribution in [3.8, 4) is 0 Å². The fraction of sp³-hybridized carbons (Fsp3) is 0.316. The molecule has 2 aromatic carbocycles. The first-order valence-electron chi connectivity index (χ1n) is 7.55. The average molecular weight is 344 g/mol. The molecule has 0 aliphatic carbocycles. The molecule has 110 valence electrons. The normalized spacial score (nSPS) is 11.7. The van der Waals surface area contributed by atoms with Gasteiger partial charge in [0.2, 0.25) is 0 Å². The summed E-state index contributed by atoms with van der Waals surface area (Å²) in [6.07, 6.45) is 2.55. The molecule has 0 aliphatic rings. The van der Waals surface area contributed by atoms with Crippen LogP contribution in [0.5, 0.6) is 0 Å². The van der Waals surface area contributed by atoms with Crippen LogP contribution in [0.25, 0.3) is 0 Å². The van der Waals surface area contributed by atoms with Gasteiger partial charge in [-0.2, -0.15) is 0 Å². The van der Waals surface area contributed by atoms with E-state index in [9.17, 15) is 0 Å². The molecule has 0 heterocycles. The Kier molecular flexibility index (Phi) is 6.22. The maximum atomic E-state index is 5.04. The minimum atomic E-state index is 0.437. The second-order valence-corrected chi connectivity index (χ2v) is 7.50. The van der Waals surface area contributed by atoms with Crippen molar-refractivity contribution in [1.82, 2.24) is 0 Å². The molecule has 0 aliphatic heterocycles. The zero-order valence-electron chi connectivity index (χ0n) is 13.1. The molecule has 0 N–H and O–H groups in total. The van der Waals surface area contributed by atoms with Crippen molar-refractivity contribution in [1.29, 1.82) is 0 Å². The third-order valence-corrected chi connectivity index (χ3v) is 5.70. The fourth-order valence-corrected chi connectivity index (χ4v) is 4.43. The van der Waals surface area contributed by atoms with E-state index in [-0.39, 0.29) is 0 Å². The van der Waals surface area contributed by atoms with Crippen LogP contribution in [0, 0.1) is 13.8 Å². The van der Waals surface area contributed by atoms with E-state index in [1.165, 1.54) is 39.5 Å². The molecule has 2 heteroatoms. The summed E-state index contributed by atoms with van der Waals surface area (Å²) < 4.78 is 1.27. The van der Waals surface area contributed by atoms with Crippen LogP contribution in [0.2, 0.25) is 5.32 Å². The maximum absolute atomic E-state index is 5.04. The van der Waals surface area contributed by atoms with Crippen molar-refractivity contribution < 1.29 is 0 Å². The molecule has 0 saturated heterocycles. The molecule has 0 unspecified atom stereocenters. The Morgan fingerprint density at radius 3 is 2.24 bits per heavy atom. The van der Waals surface area contributed by atoms with E-state index >= 15 is 0 Å². The number of para-hydroxylation sites is 1. The zero-order chi connectivity index (χ0) is 15.1. The third kappa shape index (κ3) is 4.56. The molecule has 2 aromatic rings. The van der Waals surface area contributed by atoms with Crippen molar-refractivity contribution in [3.05, 3.63) is 65.2 Å². The van der Waals surface area contributed by atoms with Crippen molar-refractivity contribution in [2.45, 2.75) is 38.9 Å². The molecule has 2 rings (SSSR count). The van der Waals surface area contributed by atoms with Crippen molar-refractivity contribution in [3.63, 3.8) is 0 Å². The Morgan fingerprint density at radius 1 is 0.952 bits per heavy atom. The standard InChI is InChI=1S/C19H23NSe/c1-4-5-14-21-19(17-12-7-6-8-13-17)20-18-15(2)10-9-11-16(18)3/h6-13H,4-5,14H2,1-3H3. The van der Waals surface area contributed by atoms with Crippen LogP contribution in [0.4, 0.5) is 5.69 Å². The van der Waals surface area contributed by atoms with E-state index in [1.54, 1.807) is 0 Å². The van der Waals surface area contributed by atoms with Gasteiger partial charge in [0.15, 0.2) is 0 Å². The van der Waals surface area contributed by atoms with Crippen LogP contribution in [-0.2, 0) is 0 Å². The molecule has 0 atom stereocenters. The van der Waals surface area contributed by atoms with Gasteiger partial charge in [0.05, 0.1) is 0 Å². The van der Waals surface area contributed by atoms with Crippen LogP contribution < -0.4 is 0 Å². The van der Waals surface area contributed by atoms with Gasteiger partial charge in [-0.15, -0.1) is 0 Å². The van der Waals surface area contributed by atoms with E-state index < -0.39 is 0 Å². The van der Waals surface area contributed by atoms with Crippen LogP contribution in [-0.4, -0.2) is 19.6 Å². The van der Waals surface area contributed by atoms with Gasteiger partial charge in [-0.3, -0.25) is 0 Å². The third-order valence-electron chi connectivity index (χ3n) is 3.41. The summed E-state index contributed by atoms with van der Waals surface area (Å²) in [5.41, 5.74) is 4.94. The van der Waals surface area contributed by atoms with Gasteiger partial charge in [-0.1, -0.05) is 0 Å². The van der Waals surface area contributed by atoms with Crippen molar-refractivity contribution in [2.75, 3.05) is 0 Å². The van der Waals surface area contributed by atoms with E-state index in [2.05, 4.69) is 69.3 Å². The first-order valence-corrected chi connectivity index (χ1v) is 9.62. The topological polar surface area (TPSA) is 12.4 Å². The second kappa shape index (κ2) is 8.16. The molecular formula is C19H23NSe. The Balaban J connectivity index is 2.37. The van der Waals surface area contributed by atoms with Gasteiger partial charge in [-0.25, -0.2) is 0 Å². The molecular weight excluding hydrogens is 321 g/mol. The summed E-state index contributed by atoms with van der Waals surface area (Å²) in [6, 6.07) is 17.0. The average Bonchev–Trinajstić information content (AvgIpc) is 2.50. The minimum absolute atomic E-state index is 0.437. The molecule has 0 bridgehead atoms. The summed E-state index contributed by atoms with van der Waals surface area (Å²) in [5.74, 6) is 0. The number of hydrogen-bond acceptors (Lipinski definition) is 1. The predicted molar refractivity (Wildman–Crippen MR) is 94.0 cm³/mol. The monoisotopic (exact) mass is 345 g/mol. The van der Waals surface area contributed by atoms with Gasteiger partial charge < -0.3 is 0 Å². The van der Waals surface area contributed by atoms with E-state index in [4.69, 9.17) is 4.99 Å². The Bertz CT molecular complexity index is 582. The summed E-state index contributed by atoms with van der Waals surface area (Å²) in [4.78, 5) is 5.04. The fourth-order valence-electron chi connectivity index (χ4n) is 2.16. The van der Waals surface area contributed by atoms with E-state index in [0.717, 1.165) is 5.69 Å². The van der Waals surface area contributed by atoms with Crippen molar-refractivity contribution in [2.24, 2.45) is 4.99 Å². The molecule has 21 heavy (non-hydrogen) atoms. The Morgan fingerprint density at radius 2 is 1.62 bits per heavy atom. The summed E-state index contributed by atoms with van der Waals surface area (Å²) >= 11 is 0.437. The molecule has 0 radical (unpaired) electrons. The zero-order valence-corrected chi connectivity index (χ0v) is 14.8. The van der Waals surface area contributed by atoms with Crippen molar-refractivity contribution >= 4 is 25.3 Å². The second-order valence-electron chi connectivity index (χ2n) is 5.23. The van der Waals surface area contributed by atoms with Crippen LogP contribution in [0.1, 0.15) is 36.5 Å². The predicted octanol–water partition coefficient (Wildman–Crippen LogP) is 5.30. The molecule has 0 amide bonds. The van der Waals surface area contributed by atoms with Gasteiger partial charge >= 0.3 is 134 Å². The number of nitrogens with zero attached hydrogens (tertiary/aromatic N) is 1. The number of aliphatic imine (C=N–C) groups is 1. The van der Waals surface area contributed by atoms with Crippen LogP contribution >= 0.6 is 0 Å². The van der Waals surface area contributed by atoms with Crippen LogP contribution in [0.3, 0.4) is 0 Å². The quantitative estimate of drug-likeness (QED) is 0.383. The summed E-state index contributed by atoms with van der Waals surface area (Å²) in [7, 11) is 0. The Hall–Kier alpha value is -1.37. The molecule has 0 aromatic heterocycles. The number of rotatable bonds is 6. The summed E-state index contributed by atoms with van der Waals surface area (Å²) in [6.45, 7) is 6.54. The number of hydrogen-bond donors (Lipinski definition) is 0. The number of benzene rings is 2.